The smallest absolute Gasteiger partial charge is 0.418 e. The summed E-state index contributed by atoms with van der Waals surface area (Å²) in [5.41, 5.74) is -1.12. The number of carbonyl (C=O) groups excluding carboxylic acids is 1. The molecule has 1 aliphatic rings. The molecule has 1 aromatic heterocycles. The second-order valence-corrected chi connectivity index (χ2v) is 6.45. The second kappa shape index (κ2) is 6.48. The molecule has 0 saturated carbocycles. The Labute approximate surface area is 147 Å². The molecule has 0 aliphatic carbocycles. The molecule has 1 fully saturated rings. The topological polar surface area (TPSA) is 54.6 Å². The molecule has 0 spiro atoms. The molecular formula is C15H8BrF3N2O2S. The van der Waals surface area contributed by atoms with Gasteiger partial charge in [-0.2, -0.15) is 13.2 Å². The summed E-state index contributed by atoms with van der Waals surface area (Å²) < 4.78 is 44.7. The highest BCUT2D eigenvalue weighted by molar-refractivity contribution is 9.10. The number of furan rings is 1. The van der Waals surface area contributed by atoms with Crippen LogP contribution in [0.15, 0.2) is 55.4 Å². The van der Waals surface area contributed by atoms with Crippen molar-refractivity contribution in [2.45, 2.75) is 6.18 Å². The summed E-state index contributed by atoms with van der Waals surface area (Å²) in [4.78, 5) is 16.1. The van der Waals surface area contributed by atoms with E-state index < -0.39 is 17.6 Å². The lowest BCUT2D eigenvalue weighted by Gasteiger charge is -2.09. The summed E-state index contributed by atoms with van der Waals surface area (Å²) in [6, 6.07) is 8.24. The average Bonchev–Trinajstić information content (AvgIpc) is 3.05. The first-order valence-electron chi connectivity index (χ1n) is 6.54. The molecule has 0 unspecified atom stereocenters. The van der Waals surface area contributed by atoms with Gasteiger partial charge in [0.05, 0.1) is 16.2 Å². The van der Waals surface area contributed by atoms with E-state index in [0.717, 1.165) is 17.8 Å². The van der Waals surface area contributed by atoms with E-state index in [1.165, 1.54) is 24.3 Å². The number of aliphatic imine (C=N–C) groups is 1. The first-order valence-corrected chi connectivity index (χ1v) is 8.15. The van der Waals surface area contributed by atoms with E-state index in [-0.39, 0.29) is 15.8 Å². The van der Waals surface area contributed by atoms with Gasteiger partial charge in [0.2, 0.25) is 0 Å². The van der Waals surface area contributed by atoms with Crippen LogP contribution in [-0.2, 0) is 11.0 Å². The predicted molar refractivity (Wildman–Crippen MR) is 88.7 cm³/mol. The Balaban J connectivity index is 1.89. The van der Waals surface area contributed by atoms with Crippen molar-refractivity contribution < 1.29 is 22.4 Å². The van der Waals surface area contributed by atoms with E-state index in [4.69, 9.17) is 4.42 Å². The Morgan fingerprint density at radius 1 is 1.21 bits per heavy atom. The van der Waals surface area contributed by atoms with E-state index in [1.807, 2.05) is 0 Å². The van der Waals surface area contributed by atoms with Gasteiger partial charge in [-0.15, -0.1) is 0 Å². The third-order valence-corrected chi connectivity index (χ3v) is 4.29. The van der Waals surface area contributed by atoms with Crippen molar-refractivity contribution >= 4 is 50.5 Å². The number of rotatable bonds is 2. The fourth-order valence-electron chi connectivity index (χ4n) is 1.94. The fourth-order valence-corrected chi connectivity index (χ4v) is 3.07. The summed E-state index contributed by atoms with van der Waals surface area (Å²) >= 11 is 4.09. The molecular weight excluding hydrogens is 409 g/mol. The molecule has 2 heterocycles. The van der Waals surface area contributed by atoms with Crippen LogP contribution in [0, 0.1) is 0 Å². The number of para-hydroxylation sites is 1. The second-order valence-electron chi connectivity index (χ2n) is 4.64. The summed E-state index contributed by atoms with van der Waals surface area (Å²) in [5, 5.41) is 2.52. The number of nitrogens with one attached hydrogen (secondary N) is 1. The van der Waals surface area contributed by atoms with Gasteiger partial charge in [0.25, 0.3) is 5.91 Å². The fraction of sp³-hybridized carbons (Fsp3) is 0.0667. The summed E-state index contributed by atoms with van der Waals surface area (Å²) in [6.45, 7) is 0. The van der Waals surface area contributed by atoms with Crippen molar-refractivity contribution in [3.63, 3.8) is 0 Å². The Morgan fingerprint density at radius 3 is 2.62 bits per heavy atom. The lowest BCUT2D eigenvalue weighted by atomic mass is 10.2. The zero-order valence-electron chi connectivity index (χ0n) is 11.7. The van der Waals surface area contributed by atoms with Crippen LogP contribution >= 0.6 is 27.7 Å². The Bertz CT molecular complexity index is 858. The number of amides is 1. The van der Waals surface area contributed by atoms with Crippen molar-refractivity contribution in [1.82, 2.24) is 5.32 Å². The van der Waals surface area contributed by atoms with Crippen LogP contribution in [0.1, 0.15) is 11.3 Å². The zero-order valence-corrected chi connectivity index (χ0v) is 14.1. The molecule has 2 aromatic rings. The number of alkyl halides is 3. The molecule has 1 aliphatic heterocycles. The molecule has 1 aromatic carbocycles. The number of hydrogen-bond acceptors (Lipinski definition) is 4. The van der Waals surface area contributed by atoms with E-state index in [0.29, 0.717) is 10.4 Å². The van der Waals surface area contributed by atoms with Crippen molar-refractivity contribution in [2.24, 2.45) is 4.99 Å². The van der Waals surface area contributed by atoms with Crippen LogP contribution in [0.4, 0.5) is 18.9 Å². The number of halogens is 4. The highest BCUT2D eigenvalue weighted by Crippen LogP contribution is 2.37. The van der Waals surface area contributed by atoms with Crippen molar-refractivity contribution in [1.29, 1.82) is 0 Å². The molecule has 1 saturated heterocycles. The van der Waals surface area contributed by atoms with Gasteiger partial charge in [0.1, 0.15) is 5.76 Å². The van der Waals surface area contributed by atoms with Gasteiger partial charge in [-0.25, -0.2) is 4.99 Å². The molecule has 24 heavy (non-hydrogen) atoms. The number of carbonyl (C=O) groups is 1. The number of benzene rings is 1. The molecule has 124 valence electrons. The maximum Gasteiger partial charge on any atom is 0.418 e. The normalized spacial score (nSPS) is 18.4. The summed E-state index contributed by atoms with van der Waals surface area (Å²) in [7, 11) is 0. The third-order valence-electron chi connectivity index (χ3n) is 2.95. The maximum atomic E-state index is 13.0. The van der Waals surface area contributed by atoms with Gasteiger partial charge in [0, 0.05) is 6.08 Å². The largest absolute Gasteiger partial charge is 0.450 e. The van der Waals surface area contributed by atoms with Crippen molar-refractivity contribution in [3.05, 3.63) is 57.3 Å². The van der Waals surface area contributed by atoms with Gasteiger partial charge >= 0.3 is 6.18 Å². The standard InChI is InChI=1S/C15H8BrF3N2O2S/c16-12-6-5-8(23-12)7-11-13(22)21-14(24-11)20-10-4-2-1-3-9(10)15(17,18)19/h1-7H,(H,20,21,22). The van der Waals surface area contributed by atoms with Crippen LogP contribution in [0.25, 0.3) is 6.08 Å². The molecule has 0 radical (unpaired) electrons. The third kappa shape index (κ3) is 3.73. The van der Waals surface area contributed by atoms with Crippen LogP contribution < -0.4 is 5.32 Å². The average molecular weight is 417 g/mol. The van der Waals surface area contributed by atoms with Crippen LogP contribution in [-0.4, -0.2) is 11.1 Å². The van der Waals surface area contributed by atoms with Gasteiger partial charge < -0.3 is 9.73 Å². The van der Waals surface area contributed by atoms with E-state index in [9.17, 15) is 18.0 Å². The SMILES string of the molecule is O=C1NC(=Nc2ccccc2C(F)(F)F)SC1=Cc1ccc(Br)o1. The minimum atomic E-state index is -4.52. The monoisotopic (exact) mass is 416 g/mol. The molecule has 0 bridgehead atoms. The number of hydrogen-bond donors (Lipinski definition) is 1. The first kappa shape index (κ1) is 16.8. The lowest BCUT2D eigenvalue weighted by molar-refractivity contribution is -0.137. The minimum absolute atomic E-state index is 0.0774. The minimum Gasteiger partial charge on any atom is -0.450 e. The molecule has 0 atom stereocenters. The van der Waals surface area contributed by atoms with Gasteiger partial charge in [-0.1, -0.05) is 12.1 Å². The van der Waals surface area contributed by atoms with Gasteiger partial charge in [-0.05, 0) is 52.0 Å². The van der Waals surface area contributed by atoms with Crippen LogP contribution in [0.2, 0.25) is 0 Å². The highest BCUT2D eigenvalue weighted by Gasteiger charge is 2.34. The Kier molecular flexibility index (Phi) is 4.55. The molecule has 1 amide bonds. The van der Waals surface area contributed by atoms with Crippen molar-refractivity contribution in [2.75, 3.05) is 0 Å². The van der Waals surface area contributed by atoms with Crippen LogP contribution in [0.3, 0.4) is 0 Å². The molecule has 3 rings (SSSR count). The van der Waals surface area contributed by atoms with Gasteiger partial charge in [0.15, 0.2) is 9.84 Å². The van der Waals surface area contributed by atoms with E-state index in [1.54, 1.807) is 12.1 Å². The molecule has 9 heteroatoms. The number of nitrogens with zero attached hydrogens (tertiary/aromatic N) is 1. The Morgan fingerprint density at radius 2 is 1.96 bits per heavy atom. The first-order chi connectivity index (χ1) is 11.3. The number of amidine groups is 1. The number of thioether (sulfide) groups is 1. The molecule has 4 nitrogen and oxygen atoms in total. The van der Waals surface area contributed by atoms with Crippen molar-refractivity contribution in [3.8, 4) is 0 Å². The van der Waals surface area contributed by atoms with E-state index in [2.05, 4.69) is 26.2 Å². The Hall–Kier alpha value is -2.00. The zero-order chi connectivity index (χ0) is 17.3. The highest BCUT2D eigenvalue weighted by atomic mass is 79.9. The van der Waals surface area contributed by atoms with E-state index >= 15 is 0 Å². The van der Waals surface area contributed by atoms with Gasteiger partial charge in [-0.3, -0.25) is 4.79 Å². The quantitative estimate of drug-likeness (QED) is 0.704. The van der Waals surface area contributed by atoms with Crippen LogP contribution in [0.5, 0.6) is 0 Å². The maximum absolute atomic E-state index is 13.0. The lowest BCUT2D eigenvalue weighted by Crippen LogP contribution is -2.19. The predicted octanol–water partition coefficient (Wildman–Crippen LogP) is 4.95. The summed E-state index contributed by atoms with van der Waals surface area (Å²) in [6.07, 6.45) is -3.03. The summed E-state index contributed by atoms with van der Waals surface area (Å²) in [5.74, 6) is -0.00720. The molecule has 1 N–H and O–H groups in total.